The van der Waals surface area contributed by atoms with Gasteiger partial charge in [-0.25, -0.2) is 28.0 Å². The van der Waals surface area contributed by atoms with Crippen LogP contribution in [-0.2, 0) is 37.8 Å². The maximum absolute atomic E-state index is 15.6. The molecule has 0 bridgehead atoms. The SMILES string of the molecule is CCC(C(C)O)n1ncn(N2CCN(c3ccc(OC4COC(Cn5c[n+](C(C)OC(=O)N(C)c6ncccc6COC(=O)CNC)cn5)(c5ccc(F)cc5F)C4)cc3)CC2)c1=O.Cl.[Cl-]. The first-order valence-corrected chi connectivity index (χ1v) is 21.1. The number of rotatable bonds is 17. The van der Waals surface area contributed by atoms with E-state index in [0.29, 0.717) is 43.9 Å². The first-order valence-electron chi connectivity index (χ1n) is 21.1. The number of hydrogen-bond donors (Lipinski definition) is 2. The van der Waals surface area contributed by atoms with Crippen molar-refractivity contribution in [2.75, 3.05) is 68.2 Å². The zero-order chi connectivity index (χ0) is 45.5. The normalized spacial score (nSPS) is 18.4. The zero-order valence-corrected chi connectivity index (χ0v) is 38.8. The molecular formula is C43H55Cl2F2N11O8. The van der Waals surface area contributed by atoms with Gasteiger partial charge in [0.1, 0.15) is 54.4 Å². The number of benzene rings is 2. The van der Waals surface area contributed by atoms with Gasteiger partial charge in [0.15, 0.2) is 0 Å². The average Bonchev–Trinajstić information content (AvgIpc) is 4.02. The van der Waals surface area contributed by atoms with Gasteiger partial charge in [0.25, 0.3) is 6.33 Å². The van der Waals surface area contributed by atoms with E-state index in [2.05, 4.69) is 25.4 Å². The molecule has 2 aliphatic rings. The summed E-state index contributed by atoms with van der Waals surface area (Å²) in [6.07, 6.45) is 4.06. The minimum absolute atomic E-state index is 0. The number of halogens is 4. The predicted molar refractivity (Wildman–Crippen MR) is 234 cm³/mol. The second-order valence-corrected chi connectivity index (χ2v) is 15.8. The Morgan fingerprint density at radius 1 is 1.09 bits per heavy atom. The second-order valence-electron chi connectivity index (χ2n) is 15.8. The number of esters is 1. The van der Waals surface area contributed by atoms with Gasteiger partial charge in [-0.1, -0.05) is 19.1 Å². The van der Waals surface area contributed by atoms with Crippen molar-refractivity contribution in [3.8, 4) is 5.75 Å². The topological polar surface area (TPSA) is 187 Å². The molecule has 5 aromatic rings. The molecule has 19 nitrogen and oxygen atoms in total. The number of aliphatic hydroxyl groups is 1. The molecular weight excluding hydrogens is 907 g/mol. The van der Waals surface area contributed by atoms with Gasteiger partial charge < -0.3 is 51.7 Å². The molecule has 2 fully saturated rings. The molecule has 0 aliphatic carbocycles. The Morgan fingerprint density at radius 2 is 1.83 bits per heavy atom. The fourth-order valence-electron chi connectivity index (χ4n) is 8.04. The van der Waals surface area contributed by atoms with E-state index in [0.717, 1.165) is 11.8 Å². The van der Waals surface area contributed by atoms with Crippen LogP contribution in [0.25, 0.3) is 0 Å². The van der Waals surface area contributed by atoms with E-state index in [1.54, 1.807) is 43.9 Å². The van der Waals surface area contributed by atoms with Crippen LogP contribution in [0.1, 0.15) is 57.0 Å². The number of hydrogen-bond acceptors (Lipinski definition) is 14. The monoisotopic (exact) mass is 961 g/mol. The number of anilines is 2. The van der Waals surface area contributed by atoms with Crippen LogP contribution in [-0.4, -0.2) is 112 Å². The van der Waals surface area contributed by atoms with Crippen molar-refractivity contribution in [1.82, 2.24) is 34.5 Å². The van der Waals surface area contributed by atoms with Crippen molar-refractivity contribution in [2.24, 2.45) is 0 Å². The number of carbonyl (C=O) groups excluding carboxylic acids is 2. The average molecular weight is 963 g/mol. The molecule has 5 heterocycles. The number of aliphatic hydroxyl groups excluding tert-OH is 1. The predicted octanol–water partition coefficient (Wildman–Crippen LogP) is 0.235. The van der Waals surface area contributed by atoms with Crippen molar-refractivity contribution in [2.45, 2.75) is 76.8 Å². The Kier molecular flexibility index (Phi) is 17.5. The lowest BCUT2D eigenvalue weighted by Gasteiger charge is -2.36. The van der Waals surface area contributed by atoms with Crippen molar-refractivity contribution in [3.05, 3.63) is 113 Å². The van der Waals surface area contributed by atoms with Gasteiger partial charge in [-0.2, -0.15) is 14.3 Å². The summed E-state index contributed by atoms with van der Waals surface area (Å²) < 4.78 is 59.4. The molecule has 7 rings (SSSR count). The van der Waals surface area contributed by atoms with Crippen LogP contribution < -0.4 is 47.5 Å². The Hall–Kier alpha value is -5.87. The fraction of sp³-hybridized carbons (Fsp3) is 0.465. The highest BCUT2D eigenvalue weighted by atomic mass is 35.5. The molecule has 0 saturated carbocycles. The van der Waals surface area contributed by atoms with Crippen LogP contribution in [0.15, 0.2) is 84.6 Å². The van der Waals surface area contributed by atoms with Crippen molar-refractivity contribution >= 4 is 36.0 Å². The third-order valence-corrected chi connectivity index (χ3v) is 11.4. The first-order chi connectivity index (χ1) is 30.8. The van der Waals surface area contributed by atoms with E-state index >= 15 is 4.39 Å². The van der Waals surface area contributed by atoms with Crippen LogP contribution in [0.5, 0.6) is 5.75 Å². The quantitative estimate of drug-likeness (QED) is 0.0954. The molecule has 23 heteroatoms. The molecule has 2 aliphatic heterocycles. The molecule has 2 aromatic carbocycles. The van der Waals surface area contributed by atoms with Crippen LogP contribution >= 0.6 is 12.4 Å². The molecule has 5 atom stereocenters. The fourth-order valence-corrected chi connectivity index (χ4v) is 8.04. The van der Waals surface area contributed by atoms with Crippen molar-refractivity contribution in [3.63, 3.8) is 0 Å². The number of amides is 1. The highest BCUT2D eigenvalue weighted by Gasteiger charge is 2.47. The van der Waals surface area contributed by atoms with Crippen molar-refractivity contribution < 1.29 is 59.4 Å². The lowest BCUT2D eigenvalue weighted by Crippen LogP contribution is -3.00. The highest BCUT2D eigenvalue weighted by Crippen LogP contribution is 2.41. The van der Waals surface area contributed by atoms with Crippen molar-refractivity contribution in [1.29, 1.82) is 0 Å². The lowest BCUT2D eigenvalue weighted by molar-refractivity contribution is -0.753. The van der Waals surface area contributed by atoms with Gasteiger partial charge in [0.05, 0.1) is 38.4 Å². The van der Waals surface area contributed by atoms with Gasteiger partial charge >= 0.3 is 17.8 Å². The minimum atomic E-state index is -1.30. The highest BCUT2D eigenvalue weighted by molar-refractivity contribution is 5.86. The smallest absolute Gasteiger partial charge is 0.418 e. The molecule has 66 heavy (non-hydrogen) atoms. The Labute approximate surface area is 392 Å². The summed E-state index contributed by atoms with van der Waals surface area (Å²) in [4.78, 5) is 46.0. The number of piperazine rings is 1. The first kappa shape index (κ1) is 51.1. The summed E-state index contributed by atoms with van der Waals surface area (Å²) in [6.45, 7) is 7.75. The van der Waals surface area contributed by atoms with Gasteiger partial charge in [-0.3, -0.25) is 9.69 Å². The summed E-state index contributed by atoms with van der Waals surface area (Å²) in [7, 11) is 3.12. The summed E-state index contributed by atoms with van der Waals surface area (Å²) in [5.74, 6) is -1.13. The van der Waals surface area contributed by atoms with E-state index in [1.165, 1.54) is 57.0 Å². The summed E-state index contributed by atoms with van der Waals surface area (Å²) >= 11 is 0. The Balaban J connectivity index is 0.00000408. The lowest BCUT2D eigenvalue weighted by atomic mass is 9.89. The molecule has 2 N–H and O–H groups in total. The van der Waals surface area contributed by atoms with Gasteiger partial charge in [-0.05, 0) is 56.8 Å². The molecule has 5 unspecified atom stereocenters. The Bertz CT molecular complexity index is 2450. The van der Waals surface area contributed by atoms with E-state index < -0.39 is 53.8 Å². The molecule has 3 aromatic heterocycles. The number of ether oxygens (including phenoxy) is 4. The van der Waals surface area contributed by atoms with Crippen LogP contribution in [0.2, 0.25) is 0 Å². The largest absolute Gasteiger partial charge is 1.00 e. The number of nitrogens with one attached hydrogen (secondary N) is 1. The summed E-state index contributed by atoms with van der Waals surface area (Å²) in [6, 6.07) is 14.0. The maximum atomic E-state index is 15.6. The molecule has 358 valence electrons. The number of carbonyl (C=O) groups is 2. The Morgan fingerprint density at radius 3 is 2.52 bits per heavy atom. The number of nitrogens with zero attached hydrogens (tertiary/aromatic N) is 10. The second kappa shape index (κ2) is 22.6. The molecule has 1 amide bonds. The molecule has 0 spiro atoms. The number of pyridine rings is 1. The summed E-state index contributed by atoms with van der Waals surface area (Å²) in [5, 5.41) is 23.5. The number of aromatic nitrogens is 7. The summed E-state index contributed by atoms with van der Waals surface area (Å²) in [5.41, 5.74) is 0.0355. The van der Waals surface area contributed by atoms with Gasteiger partial charge in [0, 0.05) is 67.7 Å². The van der Waals surface area contributed by atoms with Gasteiger partial charge in [-0.15, -0.1) is 17.1 Å². The van der Waals surface area contributed by atoms with E-state index in [4.69, 9.17) is 18.9 Å². The molecule has 2 saturated heterocycles. The minimum Gasteiger partial charge on any atom is -1.00 e. The maximum Gasteiger partial charge on any atom is 0.418 e. The molecule has 0 radical (unpaired) electrons. The number of likely N-dealkylation sites (N-methyl/N-ethyl adjacent to an activating group) is 1. The van der Waals surface area contributed by atoms with Crippen LogP contribution in [0, 0.1) is 11.6 Å². The van der Waals surface area contributed by atoms with E-state index in [-0.39, 0.29) is 74.6 Å². The van der Waals surface area contributed by atoms with Crippen LogP contribution in [0.3, 0.4) is 0 Å². The van der Waals surface area contributed by atoms with E-state index in [1.807, 2.05) is 36.2 Å². The third-order valence-electron chi connectivity index (χ3n) is 11.4. The third kappa shape index (κ3) is 11.6. The van der Waals surface area contributed by atoms with Crippen LogP contribution in [0.4, 0.5) is 25.1 Å². The van der Waals surface area contributed by atoms with Gasteiger partial charge in [0.2, 0.25) is 12.6 Å². The van der Waals surface area contributed by atoms with E-state index in [9.17, 15) is 23.9 Å². The standard InChI is InChI=1S/C43H54F2N11O8.2ClH/c1-6-38(29(2)57)56-41(59)55(27-49-56)54-18-16-51(17-19-54)33-10-12-34(13-11-33)64-35-21-43(62-24-35,36-14-9-32(44)20-37(36)45)25-53-28-52(26-48-53)30(3)63-42(60)50(5)40-31(8-7-15-47-40)23-61-39(58)22-46-4;;/h7-15,20,26-30,35,38,46,57H,6,16-19,21-25H2,1-5H3;2*1H/q+1;;/p-1. The zero-order valence-electron chi connectivity index (χ0n) is 37.2.